The van der Waals surface area contributed by atoms with E-state index in [9.17, 15) is 5.11 Å². The first kappa shape index (κ1) is 40.0. The molecule has 3 nitrogen and oxygen atoms in total. The van der Waals surface area contributed by atoms with Crippen LogP contribution in [0, 0.1) is 0 Å². The van der Waals surface area contributed by atoms with Crippen molar-refractivity contribution < 1.29 is 14.6 Å². The molecule has 3 atom stereocenters. The molecule has 3 heteroatoms. The van der Waals surface area contributed by atoms with Gasteiger partial charge in [-0.1, -0.05) is 140 Å². The van der Waals surface area contributed by atoms with Crippen molar-refractivity contribution in [2.24, 2.45) is 0 Å². The van der Waals surface area contributed by atoms with Crippen LogP contribution in [-0.2, 0) is 9.47 Å². The number of hydrogen-bond acceptors (Lipinski definition) is 3. The molecule has 0 bridgehead atoms. The smallest absolute Gasteiger partial charge is 0.169 e. The third-order valence-electron chi connectivity index (χ3n) is 9.67. The van der Waals surface area contributed by atoms with Crippen LogP contribution in [-0.4, -0.2) is 29.2 Å². The quantitative estimate of drug-likeness (QED) is 0.0637. The number of aliphatic hydroxyl groups excluding tert-OH is 1. The lowest BCUT2D eigenvalue weighted by Gasteiger charge is -2.30. The summed E-state index contributed by atoms with van der Waals surface area (Å²) in [4.78, 5) is 0. The zero-order chi connectivity index (χ0) is 32.1. The summed E-state index contributed by atoms with van der Waals surface area (Å²) in [5, 5.41) is 10.1. The molecule has 45 heavy (non-hydrogen) atoms. The van der Waals surface area contributed by atoms with Gasteiger partial charge in [0.15, 0.2) is 5.79 Å². The largest absolute Gasteiger partial charge is 0.393 e. The van der Waals surface area contributed by atoms with Gasteiger partial charge >= 0.3 is 0 Å². The van der Waals surface area contributed by atoms with E-state index in [1.807, 2.05) is 0 Å². The first-order chi connectivity index (χ1) is 22.2. The van der Waals surface area contributed by atoms with Gasteiger partial charge in [-0.2, -0.15) is 0 Å². The lowest BCUT2D eigenvalue weighted by molar-refractivity contribution is -0.194. The predicted octanol–water partition coefficient (Wildman–Crippen LogP) is 13.0. The Morgan fingerprint density at radius 3 is 1.18 bits per heavy atom. The summed E-state index contributed by atoms with van der Waals surface area (Å²) < 4.78 is 13.2. The summed E-state index contributed by atoms with van der Waals surface area (Å²) in [5.41, 5.74) is 0. The molecule has 0 radical (unpaired) electrons. The molecule has 2 aliphatic rings. The van der Waals surface area contributed by atoms with Gasteiger partial charge in [-0.15, -0.1) is 0 Å². The Kier molecular flexibility index (Phi) is 24.8. The van der Waals surface area contributed by atoms with E-state index in [0.29, 0.717) is 0 Å². The number of allylic oxidation sites excluding steroid dienone is 8. The monoisotopic (exact) mass is 627 g/mol. The predicted molar refractivity (Wildman–Crippen MR) is 196 cm³/mol. The molecule has 0 amide bonds. The highest BCUT2D eigenvalue weighted by Crippen LogP contribution is 2.43. The van der Waals surface area contributed by atoms with Gasteiger partial charge < -0.3 is 14.6 Å². The van der Waals surface area contributed by atoms with Crippen molar-refractivity contribution in [1.82, 2.24) is 0 Å². The molecule has 2 rings (SSSR count). The summed E-state index contributed by atoms with van der Waals surface area (Å²) in [6, 6.07) is 0. The van der Waals surface area contributed by atoms with Crippen LogP contribution in [0.25, 0.3) is 0 Å². The van der Waals surface area contributed by atoms with Gasteiger partial charge in [-0.25, -0.2) is 0 Å². The highest BCUT2D eigenvalue weighted by atomic mass is 16.8. The van der Waals surface area contributed by atoms with Crippen LogP contribution in [0.3, 0.4) is 0 Å². The maximum absolute atomic E-state index is 10.1. The minimum absolute atomic E-state index is 0.106. The molecule has 0 aromatic heterocycles. The van der Waals surface area contributed by atoms with Crippen LogP contribution in [0.4, 0.5) is 0 Å². The van der Waals surface area contributed by atoms with Crippen molar-refractivity contribution in [3.63, 3.8) is 0 Å². The molecular formula is C42H74O3. The van der Waals surface area contributed by atoms with Gasteiger partial charge in [-0.05, 0) is 77.0 Å². The molecule has 1 N–H and O–H groups in total. The summed E-state index contributed by atoms with van der Waals surface area (Å²) in [6.07, 6.45) is 52.9. The maximum atomic E-state index is 10.1. The Morgan fingerprint density at radius 2 is 0.800 bits per heavy atom. The van der Waals surface area contributed by atoms with E-state index >= 15 is 0 Å². The second-order valence-corrected chi connectivity index (χ2v) is 14.0. The highest BCUT2D eigenvalue weighted by molar-refractivity contribution is 4.95. The van der Waals surface area contributed by atoms with Crippen molar-refractivity contribution in [1.29, 1.82) is 0 Å². The van der Waals surface area contributed by atoms with E-state index in [4.69, 9.17) is 9.47 Å². The zero-order valence-electron chi connectivity index (χ0n) is 29.9. The first-order valence-corrected chi connectivity index (χ1v) is 19.8. The third-order valence-corrected chi connectivity index (χ3v) is 9.67. The Balaban J connectivity index is 1.50. The van der Waals surface area contributed by atoms with Gasteiger partial charge in [0.05, 0.1) is 18.3 Å². The second kappa shape index (κ2) is 27.9. The lowest BCUT2D eigenvalue weighted by atomic mass is 9.98. The summed E-state index contributed by atoms with van der Waals surface area (Å²) in [7, 11) is 0. The minimum atomic E-state index is -0.389. The van der Waals surface area contributed by atoms with Gasteiger partial charge in [0.25, 0.3) is 0 Å². The first-order valence-electron chi connectivity index (χ1n) is 19.8. The molecular weight excluding hydrogens is 552 g/mol. The third kappa shape index (κ3) is 20.6. The number of fused-ring (bicyclic) bond motifs is 1. The molecule has 0 aromatic rings. The minimum Gasteiger partial charge on any atom is -0.393 e. The fourth-order valence-electron chi connectivity index (χ4n) is 6.89. The topological polar surface area (TPSA) is 38.7 Å². The van der Waals surface area contributed by atoms with Gasteiger partial charge in [0.2, 0.25) is 0 Å². The Morgan fingerprint density at radius 1 is 0.467 bits per heavy atom. The molecule has 2 fully saturated rings. The van der Waals surface area contributed by atoms with Crippen molar-refractivity contribution in [3.05, 3.63) is 48.6 Å². The summed E-state index contributed by atoms with van der Waals surface area (Å²) in [5.74, 6) is -0.389. The SMILES string of the molecule is CCCCC/C=C\C/C=C\CCCCCCCCC1(CCCCCCCC/C=C\C/C=C\CCCCC)O[C@H]2CC(O)C[C@H]2O1. The van der Waals surface area contributed by atoms with E-state index in [2.05, 4.69) is 62.5 Å². The molecule has 1 unspecified atom stereocenters. The standard InChI is InChI=1S/C42H74O3/c1-3-5-7-9-11-13-15-17-19-21-23-25-27-29-31-33-35-42(44-40-37-39(43)38-41(40)45-42)36-34-32-30-28-26-24-22-20-18-16-14-12-10-8-6-4-2/h11-14,17-20,39-41,43H,3-10,15-16,21-38H2,1-2H3/b13-11-,14-12-,19-17-,20-18-/t39?,40-,41+. The molecule has 0 spiro atoms. The van der Waals surface area contributed by atoms with Crippen molar-refractivity contribution >= 4 is 0 Å². The van der Waals surface area contributed by atoms with E-state index in [1.54, 1.807) is 0 Å². The number of rotatable bonds is 30. The lowest BCUT2D eigenvalue weighted by Crippen LogP contribution is -2.32. The number of unbranched alkanes of at least 4 members (excludes halogenated alkanes) is 18. The molecule has 260 valence electrons. The Bertz CT molecular complexity index is 717. The van der Waals surface area contributed by atoms with Crippen LogP contribution in [0.1, 0.15) is 194 Å². The van der Waals surface area contributed by atoms with Crippen molar-refractivity contribution in [3.8, 4) is 0 Å². The molecule has 1 aliphatic heterocycles. The number of aliphatic hydroxyl groups is 1. The van der Waals surface area contributed by atoms with E-state index in [1.165, 1.54) is 141 Å². The van der Waals surface area contributed by atoms with Crippen LogP contribution in [0.2, 0.25) is 0 Å². The summed E-state index contributed by atoms with van der Waals surface area (Å²) >= 11 is 0. The Labute approximate surface area is 280 Å². The molecule has 0 aromatic carbocycles. The molecule has 1 aliphatic carbocycles. The summed E-state index contributed by atoms with van der Waals surface area (Å²) in [6.45, 7) is 4.53. The van der Waals surface area contributed by atoms with Crippen LogP contribution >= 0.6 is 0 Å². The van der Waals surface area contributed by atoms with Crippen LogP contribution in [0.5, 0.6) is 0 Å². The van der Waals surface area contributed by atoms with Gasteiger partial charge in [0.1, 0.15) is 0 Å². The van der Waals surface area contributed by atoms with Crippen molar-refractivity contribution in [2.45, 2.75) is 218 Å². The maximum Gasteiger partial charge on any atom is 0.169 e. The average Bonchev–Trinajstić information content (AvgIpc) is 3.54. The fraction of sp³-hybridized carbons (Fsp3) is 0.810. The highest BCUT2D eigenvalue weighted by Gasteiger charge is 2.50. The number of hydrogen-bond donors (Lipinski definition) is 1. The molecule has 1 heterocycles. The van der Waals surface area contributed by atoms with E-state index in [-0.39, 0.29) is 24.1 Å². The average molecular weight is 627 g/mol. The second-order valence-electron chi connectivity index (χ2n) is 14.0. The molecule has 1 saturated heterocycles. The van der Waals surface area contributed by atoms with E-state index in [0.717, 1.165) is 38.5 Å². The Hall–Kier alpha value is -1.16. The molecule has 1 saturated carbocycles. The number of ether oxygens (including phenoxy) is 2. The van der Waals surface area contributed by atoms with Crippen LogP contribution < -0.4 is 0 Å². The fourth-order valence-corrected chi connectivity index (χ4v) is 6.89. The normalized spacial score (nSPS) is 21.4. The van der Waals surface area contributed by atoms with Crippen molar-refractivity contribution in [2.75, 3.05) is 0 Å². The van der Waals surface area contributed by atoms with Gasteiger partial charge in [-0.3, -0.25) is 0 Å². The van der Waals surface area contributed by atoms with Gasteiger partial charge in [0, 0.05) is 25.7 Å². The van der Waals surface area contributed by atoms with Crippen LogP contribution in [0.15, 0.2) is 48.6 Å². The zero-order valence-corrected chi connectivity index (χ0v) is 29.9. The van der Waals surface area contributed by atoms with E-state index < -0.39 is 0 Å².